The molecule has 0 radical (unpaired) electrons. The lowest BCUT2D eigenvalue weighted by molar-refractivity contribution is 0.628. The van der Waals surface area contributed by atoms with Crippen molar-refractivity contribution in [2.45, 2.75) is 13.5 Å². The summed E-state index contributed by atoms with van der Waals surface area (Å²) < 4.78 is 14.3. The Morgan fingerprint density at radius 2 is 2.00 bits per heavy atom. The molecule has 1 aromatic heterocycles. The van der Waals surface area contributed by atoms with Crippen LogP contribution in [-0.2, 0) is 6.54 Å². The van der Waals surface area contributed by atoms with Gasteiger partial charge in [0.05, 0.1) is 0 Å². The molecule has 78 valence electrons. The van der Waals surface area contributed by atoms with Crippen LogP contribution in [0, 0.1) is 5.82 Å². The number of hydrogen-bond acceptors (Lipinski definition) is 3. The quantitative estimate of drug-likeness (QED) is 0.813. The number of anilines is 1. The first-order valence-corrected chi connectivity index (χ1v) is 4.67. The zero-order valence-electron chi connectivity index (χ0n) is 8.31. The maximum Gasteiger partial charge on any atom is 0.150 e. The second-order valence-electron chi connectivity index (χ2n) is 3.15. The van der Waals surface area contributed by atoms with Crippen LogP contribution in [0.15, 0.2) is 24.3 Å². The van der Waals surface area contributed by atoms with E-state index in [-0.39, 0.29) is 5.82 Å². The summed E-state index contributed by atoms with van der Waals surface area (Å²) in [6, 6.07) is 6.02. The minimum atomic E-state index is -0.278. The zero-order valence-corrected chi connectivity index (χ0v) is 8.31. The molecule has 0 fully saturated rings. The molecule has 0 atom stereocenters. The maximum absolute atomic E-state index is 12.7. The summed E-state index contributed by atoms with van der Waals surface area (Å²) in [6.45, 7) is 2.60. The van der Waals surface area contributed by atoms with Crippen molar-refractivity contribution in [3.8, 4) is 11.3 Å². The summed E-state index contributed by atoms with van der Waals surface area (Å²) in [5.74, 6) is 0.226. The molecule has 4 nitrogen and oxygen atoms in total. The van der Waals surface area contributed by atoms with Crippen LogP contribution in [-0.4, -0.2) is 15.0 Å². The predicted molar refractivity (Wildman–Crippen MR) is 55.5 cm³/mol. The van der Waals surface area contributed by atoms with Gasteiger partial charge >= 0.3 is 0 Å². The summed E-state index contributed by atoms with van der Waals surface area (Å²) in [4.78, 5) is 0. The van der Waals surface area contributed by atoms with Gasteiger partial charge in [0.15, 0.2) is 0 Å². The second-order valence-corrected chi connectivity index (χ2v) is 3.15. The van der Waals surface area contributed by atoms with Gasteiger partial charge in [-0.1, -0.05) is 5.21 Å². The molecule has 0 aliphatic carbocycles. The fourth-order valence-corrected chi connectivity index (χ4v) is 1.37. The third kappa shape index (κ3) is 1.68. The van der Waals surface area contributed by atoms with Crippen LogP contribution in [0.3, 0.4) is 0 Å². The Hall–Kier alpha value is -1.91. The normalized spacial score (nSPS) is 10.5. The largest absolute Gasteiger partial charge is 0.382 e. The molecule has 2 N–H and O–H groups in total. The third-order valence-electron chi connectivity index (χ3n) is 2.19. The molecule has 2 rings (SSSR count). The molecule has 0 spiro atoms. The molecule has 0 amide bonds. The number of nitrogens with zero attached hydrogens (tertiary/aromatic N) is 3. The molecule has 1 heterocycles. The van der Waals surface area contributed by atoms with Gasteiger partial charge in [-0.05, 0) is 31.2 Å². The first kappa shape index (κ1) is 9.64. The Morgan fingerprint density at radius 3 is 2.53 bits per heavy atom. The van der Waals surface area contributed by atoms with Crippen molar-refractivity contribution in [1.29, 1.82) is 0 Å². The minimum absolute atomic E-state index is 0.278. The number of halogens is 1. The van der Waals surface area contributed by atoms with Crippen LogP contribution in [0.5, 0.6) is 0 Å². The Morgan fingerprint density at radius 1 is 1.33 bits per heavy atom. The molecule has 0 bridgehead atoms. The van der Waals surface area contributed by atoms with E-state index in [1.54, 1.807) is 16.8 Å². The first-order chi connectivity index (χ1) is 7.22. The molecule has 2 aromatic rings. The number of nitrogen functional groups attached to an aromatic ring is 1. The van der Waals surface area contributed by atoms with E-state index in [2.05, 4.69) is 10.3 Å². The van der Waals surface area contributed by atoms with Crippen molar-refractivity contribution in [3.05, 3.63) is 30.1 Å². The van der Waals surface area contributed by atoms with Gasteiger partial charge in [-0.25, -0.2) is 9.07 Å². The minimum Gasteiger partial charge on any atom is -0.382 e. The third-order valence-corrected chi connectivity index (χ3v) is 2.19. The number of nitrogens with two attached hydrogens (primary N) is 1. The van der Waals surface area contributed by atoms with Crippen molar-refractivity contribution >= 4 is 5.82 Å². The lowest BCUT2D eigenvalue weighted by Gasteiger charge is -1.99. The molecule has 0 aliphatic rings. The van der Waals surface area contributed by atoms with E-state index in [0.29, 0.717) is 18.1 Å². The van der Waals surface area contributed by atoms with Gasteiger partial charge in [0, 0.05) is 12.1 Å². The van der Waals surface area contributed by atoms with E-state index >= 15 is 0 Å². The van der Waals surface area contributed by atoms with Gasteiger partial charge in [0.25, 0.3) is 0 Å². The Bertz CT molecular complexity index is 461. The topological polar surface area (TPSA) is 56.7 Å². The van der Waals surface area contributed by atoms with Gasteiger partial charge in [0.2, 0.25) is 0 Å². The number of benzene rings is 1. The van der Waals surface area contributed by atoms with Gasteiger partial charge in [0.1, 0.15) is 17.3 Å². The molecule has 5 heteroatoms. The highest BCUT2D eigenvalue weighted by Gasteiger charge is 2.10. The van der Waals surface area contributed by atoms with E-state index in [1.807, 2.05) is 6.92 Å². The Labute approximate surface area is 86.5 Å². The zero-order chi connectivity index (χ0) is 10.8. The summed E-state index contributed by atoms with van der Waals surface area (Å²) >= 11 is 0. The van der Waals surface area contributed by atoms with E-state index < -0.39 is 0 Å². The second kappa shape index (κ2) is 3.68. The average molecular weight is 206 g/mol. The fourth-order valence-electron chi connectivity index (χ4n) is 1.37. The Balaban J connectivity index is 2.45. The van der Waals surface area contributed by atoms with Crippen molar-refractivity contribution < 1.29 is 4.39 Å². The van der Waals surface area contributed by atoms with E-state index in [1.165, 1.54) is 12.1 Å². The van der Waals surface area contributed by atoms with Gasteiger partial charge < -0.3 is 5.73 Å². The average Bonchev–Trinajstić information content (AvgIpc) is 2.61. The standard InChI is InChI=1S/C10H11FN4/c1-2-15-10(12)9(13-14-15)7-3-5-8(11)6-4-7/h3-6H,2,12H2,1H3. The van der Waals surface area contributed by atoms with Crippen molar-refractivity contribution in [3.63, 3.8) is 0 Å². The van der Waals surface area contributed by atoms with E-state index in [9.17, 15) is 4.39 Å². The Kier molecular flexibility index (Phi) is 2.37. The van der Waals surface area contributed by atoms with E-state index in [4.69, 9.17) is 5.73 Å². The first-order valence-electron chi connectivity index (χ1n) is 4.67. The van der Waals surface area contributed by atoms with Gasteiger partial charge in [-0.3, -0.25) is 0 Å². The van der Waals surface area contributed by atoms with Crippen LogP contribution in [0.2, 0.25) is 0 Å². The van der Waals surface area contributed by atoms with Gasteiger partial charge in [-0.15, -0.1) is 5.10 Å². The van der Waals surface area contributed by atoms with Gasteiger partial charge in [-0.2, -0.15) is 0 Å². The van der Waals surface area contributed by atoms with E-state index in [0.717, 1.165) is 5.56 Å². The van der Waals surface area contributed by atoms with Crippen LogP contribution in [0.1, 0.15) is 6.92 Å². The highest BCUT2D eigenvalue weighted by atomic mass is 19.1. The molecule has 15 heavy (non-hydrogen) atoms. The van der Waals surface area contributed by atoms with Crippen molar-refractivity contribution in [1.82, 2.24) is 15.0 Å². The summed E-state index contributed by atoms with van der Waals surface area (Å²) in [7, 11) is 0. The fraction of sp³-hybridized carbons (Fsp3) is 0.200. The molecule has 1 aromatic carbocycles. The van der Waals surface area contributed by atoms with Crippen LogP contribution < -0.4 is 5.73 Å². The summed E-state index contributed by atoms with van der Waals surface area (Å²) in [6.07, 6.45) is 0. The number of aromatic nitrogens is 3. The van der Waals surface area contributed by atoms with Crippen molar-refractivity contribution in [2.75, 3.05) is 5.73 Å². The van der Waals surface area contributed by atoms with Crippen molar-refractivity contribution in [2.24, 2.45) is 0 Å². The molecular weight excluding hydrogens is 195 g/mol. The SMILES string of the molecule is CCn1nnc(-c2ccc(F)cc2)c1N. The predicted octanol–water partition coefficient (Wildman–Crippen LogP) is 1.69. The smallest absolute Gasteiger partial charge is 0.150 e. The highest BCUT2D eigenvalue weighted by Crippen LogP contribution is 2.22. The number of hydrogen-bond donors (Lipinski definition) is 1. The summed E-state index contributed by atoms with van der Waals surface area (Å²) in [5, 5.41) is 7.83. The van der Waals surface area contributed by atoms with Crippen LogP contribution in [0.25, 0.3) is 11.3 Å². The molecule has 0 saturated heterocycles. The molecular formula is C10H11FN4. The van der Waals surface area contributed by atoms with Crippen LogP contribution >= 0.6 is 0 Å². The number of rotatable bonds is 2. The molecule has 0 saturated carbocycles. The van der Waals surface area contributed by atoms with Crippen LogP contribution in [0.4, 0.5) is 10.2 Å². The molecule has 0 unspecified atom stereocenters. The number of aryl methyl sites for hydroxylation is 1. The monoisotopic (exact) mass is 206 g/mol. The summed E-state index contributed by atoms with van der Waals surface area (Å²) in [5.41, 5.74) is 7.19. The highest BCUT2D eigenvalue weighted by molar-refractivity contribution is 5.69. The lowest BCUT2D eigenvalue weighted by Crippen LogP contribution is -2.02. The maximum atomic E-state index is 12.7. The lowest BCUT2D eigenvalue weighted by atomic mass is 10.1. The molecule has 0 aliphatic heterocycles.